The number of pyridine rings is 1. The Labute approximate surface area is 211 Å². The summed E-state index contributed by atoms with van der Waals surface area (Å²) in [6, 6.07) is 16.3. The quantitative estimate of drug-likeness (QED) is 0.270. The van der Waals surface area contributed by atoms with Gasteiger partial charge in [0.15, 0.2) is 5.13 Å². The van der Waals surface area contributed by atoms with Gasteiger partial charge in [0, 0.05) is 48.2 Å². The summed E-state index contributed by atoms with van der Waals surface area (Å²) in [5.41, 5.74) is 1.99. The molecule has 6 nitrogen and oxygen atoms in total. The average molecular weight is 507 g/mol. The first kappa shape index (κ1) is 26.8. The number of likely N-dealkylation sites (N-methyl/N-ethyl adjacent to an activating group) is 1. The standard InChI is InChI=1S/C24H27N5OS.2ClH/c1-17-16-31-24(27-17)28-23-13-22(19(15-26-23)14-25-11-12-29(2)3)30-21-10-6-8-18-7-4-5-9-20(18)21;;/h4-10,13,15-16,25H,11-12,14H2,1-3H3,(H,26,27,28);2*1H. The van der Waals surface area contributed by atoms with Gasteiger partial charge in [-0.25, -0.2) is 9.97 Å². The van der Waals surface area contributed by atoms with Crippen LogP contribution in [0.3, 0.4) is 0 Å². The predicted molar refractivity (Wildman–Crippen MR) is 143 cm³/mol. The topological polar surface area (TPSA) is 62.3 Å². The molecule has 176 valence electrons. The Morgan fingerprint density at radius 3 is 2.58 bits per heavy atom. The van der Waals surface area contributed by atoms with E-state index in [1.54, 1.807) is 11.3 Å². The number of ether oxygens (including phenoxy) is 1. The van der Waals surface area contributed by atoms with E-state index in [-0.39, 0.29) is 24.8 Å². The number of aromatic nitrogens is 2. The molecule has 2 aromatic heterocycles. The normalized spacial score (nSPS) is 10.5. The molecule has 4 aromatic rings. The average Bonchev–Trinajstić information content (AvgIpc) is 3.17. The Hall–Kier alpha value is -2.42. The van der Waals surface area contributed by atoms with Crippen LogP contribution in [0.25, 0.3) is 10.8 Å². The second-order valence-corrected chi connectivity index (χ2v) is 8.51. The highest BCUT2D eigenvalue weighted by molar-refractivity contribution is 7.13. The summed E-state index contributed by atoms with van der Waals surface area (Å²) in [6.07, 6.45) is 1.87. The van der Waals surface area contributed by atoms with E-state index in [1.165, 1.54) is 0 Å². The van der Waals surface area contributed by atoms with E-state index in [9.17, 15) is 0 Å². The fourth-order valence-electron chi connectivity index (χ4n) is 3.21. The van der Waals surface area contributed by atoms with Gasteiger partial charge in [0.25, 0.3) is 0 Å². The zero-order valence-electron chi connectivity index (χ0n) is 18.9. The number of rotatable bonds is 9. The van der Waals surface area contributed by atoms with E-state index in [0.29, 0.717) is 12.4 Å². The summed E-state index contributed by atoms with van der Waals surface area (Å²) >= 11 is 1.56. The maximum atomic E-state index is 6.44. The molecule has 9 heteroatoms. The van der Waals surface area contributed by atoms with Gasteiger partial charge in [0.05, 0.1) is 5.69 Å². The Bertz CT molecular complexity index is 1160. The zero-order chi connectivity index (χ0) is 21.6. The molecule has 0 aliphatic carbocycles. The number of hydrogen-bond acceptors (Lipinski definition) is 7. The molecule has 0 radical (unpaired) electrons. The monoisotopic (exact) mass is 505 g/mol. The van der Waals surface area contributed by atoms with E-state index in [4.69, 9.17) is 4.74 Å². The van der Waals surface area contributed by atoms with Crippen molar-refractivity contribution in [3.05, 3.63) is 71.4 Å². The van der Waals surface area contributed by atoms with Crippen molar-refractivity contribution in [2.24, 2.45) is 0 Å². The second-order valence-electron chi connectivity index (χ2n) is 7.66. The number of thiazole rings is 1. The molecule has 2 N–H and O–H groups in total. The summed E-state index contributed by atoms with van der Waals surface area (Å²) in [5.74, 6) is 2.32. The molecule has 0 aliphatic rings. The molecule has 0 saturated carbocycles. The first-order valence-corrected chi connectivity index (χ1v) is 11.2. The lowest BCUT2D eigenvalue weighted by Crippen LogP contribution is -2.26. The van der Waals surface area contributed by atoms with Gasteiger partial charge in [-0.15, -0.1) is 36.2 Å². The lowest BCUT2D eigenvalue weighted by Gasteiger charge is -2.15. The molecule has 0 amide bonds. The van der Waals surface area contributed by atoms with E-state index < -0.39 is 0 Å². The number of nitrogens with one attached hydrogen (secondary N) is 2. The van der Waals surface area contributed by atoms with Gasteiger partial charge in [-0.2, -0.15) is 0 Å². The zero-order valence-corrected chi connectivity index (χ0v) is 21.3. The lowest BCUT2D eigenvalue weighted by atomic mass is 10.1. The molecule has 0 spiro atoms. The van der Waals surface area contributed by atoms with Gasteiger partial charge < -0.3 is 20.3 Å². The highest BCUT2D eigenvalue weighted by Crippen LogP contribution is 2.33. The first-order chi connectivity index (χ1) is 15.1. The SMILES string of the molecule is Cc1csc(Nc2cc(Oc3cccc4ccccc34)c(CNCCN(C)C)cn2)n1.Cl.Cl. The number of nitrogens with zero attached hydrogens (tertiary/aromatic N) is 3. The van der Waals surface area contributed by atoms with E-state index in [0.717, 1.165) is 51.7 Å². The number of aryl methyl sites for hydroxylation is 1. The van der Waals surface area contributed by atoms with Crippen molar-refractivity contribution in [1.29, 1.82) is 0 Å². The van der Waals surface area contributed by atoms with Crippen LogP contribution in [0.5, 0.6) is 11.5 Å². The van der Waals surface area contributed by atoms with Crippen molar-refractivity contribution in [3.63, 3.8) is 0 Å². The molecule has 4 rings (SSSR count). The number of benzene rings is 2. The summed E-state index contributed by atoms with van der Waals surface area (Å²) in [7, 11) is 4.14. The Kier molecular flexibility index (Phi) is 10.3. The third kappa shape index (κ3) is 7.28. The van der Waals surface area contributed by atoms with Crippen molar-refractivity contribution < 1.29 is 4.74 Å². The van der Waals surface area contributed by atoms with Crippen molar-refractivity contribution in [3.8, 4) is 11.5 Å². The molecule has 0 saturated heterocycles. The van der Waals surface area contributed by atoms with Crippen LogP contribution in [0.15, 0.2) is 60.1 Å². The van der Waals surface area contributed by atoms with Crippen LogP contribution < -0.4 is 15.4 Å². The molecule has 0 bridgehead atoms. The molecule has 0 atom stereocenters. The fraction of sp³-hybridized carbons (Fsp3) is 0.250. The first-order valence-electron chi connectivity index (χ1n) is 10.3. The molecule has 2 aromatic carbocycles. The highest BCUT2D eigenvalue weighted by Gasteiger charge is 2.11. The van der Waals surface area contributed by atoms with Gasteiger partial charge in [0.1, 0.15) is 17.3 Å². The largest absolute Gasteiger partial charge is 0.456 e. The van der Waals surface area contributed by atoms with Crippen LogP contribution in [0, 0.1) is 6.92 Å². The maximum absolute atomic E-state index is 6.44. The van der Waals surface area contributed by atoms with Crippen LogP contribution in [0.2, 0.25) is 0 Å². The molecular formula is C24H29Cl2N5OS. The Balaban J connectivity index is 0.00000193. The van der Waals surface area contributed by atoms with Gasteiger partial charge >= 0.3 is 0 Å². The van der Waals surface area contributed by atoms with Crippen molar-refractivity contribution in [1.82, 2.24) is 20.2 Å². The summed E-state index contributed by atoms with van der Waals surface area (Å²) in [6.45, 7) is 4.51. The summed E-state index contributed by atoms with van der Waals surface area (Å²) in [5, 5.41) is 11.8. The molecule has 0 aliphatic heterocycles. The lowest BCUT2D eigenvalue weighted by molar-refractivity contribution is 0.398. The van der Waals surface area contributed by atoms with Crippen molar-refractivity contribution in [2.75, 3.05) is 32.5 Å². The summed E-state index contributed by atoms with van der Waals surface area (Å²) in [4.78, 5) is 11.2. The van der Waals surface area contributed by atoms with Crippen LogP contribution in [-0.2, 0) is 6.54 Å². The van der Waals surface area contributed by atoms with Crippen LogP contribution in [0.4, 0.5) is 10.9 Å². The van der Waals surface area contributed by atoms with Crippen LogP contribution >= 0.6 is 36.2 Å². The van der Waals surface area contributed by atoms with Gasteiger partial charge in [-0.05, 0) is 32.5 Å². The van der Waals surface area contributed by atoms with Crippen LogP contribution in [-0.4, -0.2) is 42.1 Å². The Morgan fingerprint density at radius 1 is 1.03 bits per heavy atom. The van der Waals surface area contributed by atoms with E-state index >= 15 is 0 Å². The second kappa shape index (κ2) is 12.7. The number of hydrogen-bond donors (Lipinski definition) is 2. The maximum Gasteiger partial charge on any atom is 0.188 e. The molecule has 2 heterocycles. The third-order valence-electron chi connectivity index (χ3n) is 4.82. The number of anilines is 2. The Morgan fingerprint density at radius 2 is 1.82 bits per heavy atom. The third-order valence-corrected chi connectivity index (χ3v) is 5.69. The van der Waals surface area contributed by atoms with Crippen molar-refractivity contribution in [2.45, 2.75) is 13.5 Å². The fourth-order valence-corrected chi connectivity index (χ4v) is 3.91. The molecular weight excluding hydrogens is 477 g/mol. The van der Waals surface area contributed by atoms with E-state index in [1.807, 2.05) is 48.8 Å². The van der Waals surface area contributed by atoms with Gasteiger partial charge in [-0.1, -0.05) is 36.4 Å². The molecule has 0 fully saturated rings. The van der Waals surface area contributed by atoms with Gasteiger partial charge in [0.2, 0.25) is 0 Å². The van der Waals surface area contributed by atoms with E-state index in [2.05, 4.69) is 57.8 Å². The smallest absolute Gasteiger partial charge is 0.188 e. The highest BCUT2D eigenvalue weighted by atomic mass is 35.5. The molecule has 33 heavy (non-hydrogen) atoms. The minimum absolute atomic E-state index is 0. The van der Waals surface area contributed by atoms with Crippen LogP contribution in [0.1, 0.15) is 11.3 Å². The number of fused-ring (bicyclic) bond motifs is 1. The van der Waals surface area contributed by atoms with Gasteiger partial charge in [-0.3, -0.25) is 0 Å². The minimum atomic E-state index is 0. The summed E-state index contributed by atoms with van der Waals surface area (Å²) < 4.78 is 6.44. The predicted octanol–water partition coefficient (Wildman–Crippen LogP) is 6.03. The minimum Gasteiger partial charge on any atom is -0.456 e. The van der Waals surface area contributed by atoms with Crippen molar-refractivity contribution >= 4 is 57.9 Å². The molecule has 0 unspecified atom stereocenters. The number of halogens is 2.